The molecular formula is C18H18ClF3N4O5S. The third kappa shape index (κ3) is 5.65. The summed E-state index contributed by atoms with van der Waals surface area (Å²) in [5.74, 6) is -1.19. The monoisotopic (exact) mass is 494 g/mol. The van der Waals surface area contributed by atoms with Crippen LogP contribution in [0.3, 0.4) is 0 Å². The van der Waals surface area contributed by atoms with E-state index in [0.717, 1.165) is 6.07 Å². The van der Waals surface area contributed by atoms with Gasteiger partial charge in [-0.15, -0.1) is 10.2 Å². The quantitative estimate of drug-likeness (QED) is 0.398. The van der Waals surface area contributed by atoms with Crippen molar-refractivity contribution in [2.24, 2.45) is 5.16 Å². The summed E-state index contributed by atoms with van der Waals surface area (Å²) in [5, 5.41) is 11.1. The Kier molecular flexibility index (Phi) is 8.02. The first kappa shape index (κ1) is 25.3. The number of benzene rings is 1. The van der Waals surface area contributed by atoms with Crippen LogP contribution in [0.5, 0.6) is 11.6 Å². The molecule has 174 valence electrons. The number of carbonyl (C=O) groups is 1. The number of hydrogen-bond acceptors (Lipinski definition) is 8. The average molecular weight is 495 g/mol. The molecule has 0 aliphatic heterocycles. The van der Waals surface area contributed by atoms with E-state index in [1.807, 2.05) is 0 Å². The molecule has 14 heteroatoms. The molecule has 32 heavy (non-hydrogen) atoms. The predicted molar refractivity (Wildman–Crippen MR) is 110 cm³/mol. The Morgan fingerprint density at radius 2 is 1.91 bits per heavy atom. The molecule has 0 saturated carbocycles. The number of anilines is 1. The number of carbonyl (C=O) groups excluding carboxylic acids is 1. The lowest BCUT2D eigenvalue weighted by Crippen LogP contribution is -2.45. The van der Waals surface area contributed by atoms with Crippen molar-refractivity contribution in [3.05, 3.63) is 41.0 Å². The predicted octanol–water partition coefficient (Wildman–Crippen LogP) is 4.28. The largest absolute Gasteiger partial charge is 0.517 e. The molecule has 2 aromatic rings. The van der Waals surface area contributed by atoms with Crippen LogP contribution in [-0.4, -0.2) is 42.9 Å². The van der Waals surface area contributed by atoms with E-state index in [4.69, 9.17) is 16.3 Å². The van der Waals surface area contributed by atoms with Crippen LogP contribution in [0.25, 0.3) is 0 Å². The van der Waals surface area contributed by atoms with Gasteiger partial charge in [-0.05, 0) is 37.6 Å². The first-order valence-corrected chi connectivity index (χ1v) is 10.8. The van der Waals surface area contributed by atoms with Crippen molar-refractivity contribution >= 4 is 38.9 Å². The van der Waals surface area contributed by atoms with Crippen LogP contribution in [-0.2, 0) is 19.7 Å². The lowest BCUT2D eigenvalue weighted by molar-refractivity contribution is -0.118. The van der Waals surface area contributed by atoms with Crippen LogP contribution in [0.4, 0.5) is 18.9 Å². The minimum absolute atomic E-state index is 0.0104. The third-order valence-corrected chi connectivity index (χ3v) is 5.53. The molecule has 0 bridgehead atoms. The molecule has 0 N–H and O–H groups in total. The van der Waals surface area contributed by atoms with Crippen LogP contribution in [0.15, 0.2) is 35.5 Å². The van der Waals surface area contributed by atoms with Crippen LogP contribution in [0.1, 0.15) is 32.3 Å². The van der Waals surface area contributed by atoms with Crippen LogP contribution in [0.2, 0.25) is 5.15 Å². The Morgan fingerprint density at radius 3 is 2.44 bits per heavy atom. The number of aromatic nitrogens is 2. The molecule has 2 rings (SSSR count). The molecule has 0 aliphatic carbocycles. The van der Waals surface area contributed by atoms with Crippen LogP contribution in [0, 0.1) is 0 Å². The highest BCUT2D eigenvalue weighted by molar-refractivity contribution is 7.94. The van der Waals surface area contributed by atoms with E-state index in [1.54, 1.807) is 0 Å². The minimum Gasteiger partial charge on any atom is -0.437 e. The molecule has 1 aromatic carbocycles. The van der Waals surface area contributed by atoms with Gasteiger partial charge in [-0.25, -0.2) is 0 Å². The Hall–Kier alpha value is -2.93. The van der Waals surface area contributed by atoms with Crippen LogP contribution < -0.4 is 9.04 Å². The summed E-state index contributed by atoms with van der Waals surface area (Å²) in [4.78, 5) is 17.2. The number of rotatable bonds is 8. The number of halogens is 4. The highest BCUT2D eigenvalue weighted by Gasteiger charge is 2.52. The second-order valence-electron chi connectivity index (χ2n) is 6.19. The van der Waals surface area contributed by atoms with Gasteiger partial charge < -0.3 is 9.57 Å². The second-order valence-corrected chi connectivity index (χ2v) is 8.36. The maximum absolute atomic E-state index is 13.4. The van der Waals surface area contributed by atoms with E-state index in [2.05, 4.69) is 20.2 Å². The zero-order valence-electron chi connectivity index (χ0n) is 17.1. The molecule has 0 spiro atoms. The van der Waals surface area contributed by atoms with Crippen molar-refractivity contribution in [1.29, 1.82) is 0 Å². The van der Waals surface area contributed by atoms with Gasteiger partial charge in [0.05, 0.1) is 11.4 Å². The van der Waals surface area contributed by atoms with Gasteiger partial charge in [-0.2, -0.15) is 25.9 Å². The van der Waals surface area contributed by atoms with Gasteiger partial charge in [0.15, 0.2) is 5.15 Å². The molecule has 0 fully saturated rings. The zero-order chi connectivity index (χ0) is 24.1. The lowest BCUT2D eigenvalue weighted by atomic mass is 10.1. The fourth-order valence-corrected chi connectivity index (χ4v) is 3.61. The Labute approximate surface area is 186 Å². The number of alkyl halides is 3. The van der Waals surface area contributed by atoms with Gasteiger partial charge in [0.1, 0.15) is 12.9 Å². The third-order valence-electron chi connectivity index (χ3n) is 3.86. The second kappa shape index (κ2) is 10.1. The normalized spacial score (nSPS) is 12.4. The fourth-order valence-electron chi connectivity index (χ4n) is 2.53. The first-order valence-electron chi connectivity index (χ1n) is 8.96. The number of ether oxygens (including phenoxy) is 1. The Morgan fingerprint density at radius 1 is 1.22 bits per heavy atom. The molecule has 0 unspecified atom stereocenters. The number of oxime groups is 1. The standard InChI is InChI=1S/C18H18ClF3N4O5S/c1-4-5-17(27)26(32(28,29)18(20,21)22)14-7-6-12(10-13(14)11(2)25-30-3)31-16-9-8-15(19)23-24-16/h6-10H,4-5H2,1-3H3. The Balaban J connectivity index is 2.68. The van der Waals surface area contributed by atoms with Gasteiger partial charge in [0, 0.05) is 18.1 Å². The SMILES string of the molecule is CCCC(=O)N(c1ccc(Oc2ccc(Cl)nn2)cc1C(C)=NOC)S(=O)(=O)C(F)(F)F. The first-order chi connectivity index (χ1) is 14.9. The summed E-state index contributed by atoms with van der Waals surface area (Å²) >= 11 is 5.66. The molecule has 1 amide bonds. The summed E-state index contributed by atoms with van der Waals surface area (Å²) in [6.45, 7) is 2.88. The van der Waals surface area contributed by atoms with Gasteiger partial charge in [0.2, 0.25) is 11.8 Å². The lowest BCUT2D eigenvalue weighted by Gasteiger charge is -2.26. The smallest absolute Gasteiger partial charge is 0.437 e. The van der Waals surface area contributed by atoms with E-state index in [1.165, 1.54) is 45.2 Å². The summed E-state index contributed by atoms with van der Waals surface area (Å²) < 4.78 is 69.8. The van der Waals surface area contributed by atoms with E-state index in [0.29, 0.717) is 0 Å². The molecule has 0 saturated heterocycles. The van der Waals surface area contributed by atoms with Gasteiger partial charge in [0.25, 0.3) is 0 Å². The molecule has 0 aliphatic rings. The molecular weight excluding hydrogens is 477 g/mol. The average Bonchev–Trinajstić information content (AvgIpc) is 2.70. The maximum Gasteiger partial charge on any atom is 0.517 e. The van der Waals surface area contributed by atoms with Gasteiger partial charge in [-0.3, -0.25) is 4.79 Å². The van der Waals surface area contributed by atoms with Crippen molar-refractivity contribution in [1.82, 2.24) is 10.2 Å². The molecule has 0 radical (unpaired) electrons. The molecule has 0 atom stereocenters. The van der Waals surface area contributed by atoms with Crippen LogP contribution >= 0.6 is 11.6 Å². The zero-order valence-corrected chi connectivity index (χ0v) is 18.6. The van der Waals surface area contributed by atoms with Gasteiger partial charge >= 0.3 is 15.5 Å². The van der Waals surface area contributed by atoms with Crippen molar-refractivity contribution in [2.75, 3.05) is 11.4 Å². The van der Waals surface area contributed by atoms with Crippen molar-refractivity contribution in [3.63, 3.8) is 0 Å². The van der Waals surface area contributed by atoms with E-state index in [9.17, 15) is 26.4 Å². The number of nitrogens with zero attached hydrogens (tertiary/aromatic N) is 4. The topological polar surface area (TPSA) is 111 Å². The number of hydrogen-bond donors (Lipinski definition) is 0. The summed E-state index contributed by atoms with van der Waals surface area (Å²) in [6.07, 6.45) is -0.312. The Bertz CT molecular complexity index is 1110. The highest BCUT2D eigenvalue weighted by atomic mass is 35.5. The molecule has 1 aromatic heterocycles. The highest BCUT2D eigenvalue weighted by Crippen LogP contribution is 2.36. The molecule has 9 nitrogen and oxygen atoms in total. The van der Waals surface area contributed by atoms with Gasteiger partial charge in [-0.1, -0.05) is 23.7 Å². The van der Waals surface area contributed by atoms with Crippen molar-refractivity contribution in [3.8, 4) is 11.6 Å². The minimum atomic E-state index is -6.05. The van der Waals surface area contributed by atoms with E-state index in [-0.39, 0.29) is 38.8 Å². The van der Waals surface area contributed by atoms with E-state index < -0.39 is 33.5 Å². The number of amides is 1. The van der Waals surface area contributed by atoms with Crippen molar-refractivity contribution in [2.45, 2.75) is 32.2 Å². The maximum atomic E-state index is 13.4. The van der Waals surface area contributed by atoms with Crippen molar-refractivity contribution < 1.29 is 36.0 Å². The fraction of sp³-hybridized carbons (Fsp3) is 0.333. The number of sulfonamides is 1. The molecule has 1 heterocycles. The summed E-state index contributed by atoms with van der Waals surface area (Å²) in [6, 6.07) is 6.16. The summed E-state index contributed by atoms with van der Waals surface area (Å²) in [5.41, 5.74) is -6.44. The van der Waals surface area contributed by atoms with E-state index >= 15 is 0 Å². The summed E-state index contributed by atoms with van der Waals surface area (Å²) in [7, 11) is -4.86.